The van der Waals surface area contributed by atoms with Crippen LogP contribution in [0.15, 0.2) is 0 Å². The molecule has 1 heterocycles. The van der Waals surface area contributed by atoms with Gasteiger partial charge in [-0.25, -0.2) is 0 Å². The van der Waals surface area contributed by atoms with Gasteiger partial charge in [0.15, 0.2) is 0 Å². The lowest BCUT2D eigenvalue weighted by atomic mass is 9.90. The smallest absolute Gasteiger partial charge is 0.0575 e. The number of thioether (sulfide) groups is 1. The molecule has 14 heavy (non-hydrogen) atoms. The van der Waals surface area contributed by atoms with Crippen molar-refractivity contribution >= 4 is 11.8 Å². The predicted octanol–water partition coefficient (Wildman–Crippen LogP) is 1.16. The molecule has 1 fully saturated rings. The second kappa shape index (κ2) is 6.67. The first-order chi connectivity index (χ1) is 6.83. The molecule has 1 aliphatic heterocycles. The summed E-state index contributed by atoms with van der Waals surface area (Å²) in [6.07, 6.45) is 1.10. The minimum Gasteiger partial charge on any atom is -0.396 e. The molecule has 0 atom stereocenters. The van der Waals surface area contributed by atoms with Crippen LogP contribution >= 0.6 is 11.8 Å². The maximum absolute atomic E-state index is 9.16. The van der Waals surface area contributed by atoms with Gasteiger partial charge in [0.25, 0.3) is 0 Å². The lowest BCUT2D eigenvalue weighted by Gasteiger charge is -2.39. The van der Waals surface area contributed by atoms with E-state index < -0.39 is 0 Å². The monoisotopic (exact) mass is 220 g/mol. The Kier molecular flexibility index (Phi) is 5.86. The van der Waals surface area contributed by atoms with Crippen LogP contribution in [0.2, 0.25) is 0 Å². The van der Waals surface area contributed by atoms with E-state index in [1.807, 2.05) is 18.7 Å². The molecule has 0 saturated carbocycles. The van der Waals surface area contributed by atoms with Gasteiger partial charge in [0.1, 0.15) is 0 Å². The highest BCUT2D eigenvalue weighted by atomic mass is 32.2. The number of rotatable bonds is 8. The summed E-state index contributed by atoms with van der Waals surface area (Å²) in [5.41, 5.74) is 0.0658. The van der Waals surface area contributed by atoms with Crippen LogP contribution in [0.1, 0.15) is 13.3 Å². The van der Waals surface area contributed by atoms with E-state index in [2.05, 4.69) is 0 Å². The molecule has 1 rings (SSSR count). The van der Waals surface area contributed by atoms with Crippen LogP contribution in [-0.2, 0) is 9.47 Å². The van der Waals surface area contributed by atoms with Gasteiger partial charge in [-0.2, -0.15) is 11.8 Å². The van der Waals surface area contributed by atoms with E-state index in [9.17, 15) is 0 Å². The van der Waals surface area contributed by atoms with E-state index in [-0.39, 0.29) is 12.0 Å². The Morgan fingerprint density at radius 3 is 2.79 bits per heavy atom. The lowest BCUT2D eigenvalue weighted by Crippen LogP contribution is -2.47. The highest BCUT2D eigenvalue weighted by molar-refractivity contribution is 7.99. The van der Waals surface area contributed by atoms with Crippen molar-refractivity contribution in [1.29, 1.82) is 0 Å². The molecule has 0 aromatic carbocycles. The van der Waals surface area contributed by atoms with Gasteiger partial charge < -0.3 is 14.6 Å². The lowest BCUT2D eigenvalue weighted by molar-refractivity contribution is -0.121. The summed E-state index contributed by atoms with van der Waals surface area (Å²) in [4.78, 5) is 0. The van der Waals surface area contributed by atoms with Crippen molar-refractivity contribution in [2.75, 3.05) is 44.5 Å². The van der Waals surface area contributed by atoms with Gasteiger partial charge in [-0.05, 0) is 19.1 Å². The first-order valence-electron chi connectivity index (χ1n) is 5.17. The van der Waals surface area contributed by atoms with Crippen LogP contribution < -0.4 is 0 Å². The Morgan fingerprint density at radius 1 is 1.50 bits per heavy atom. The standard InChI is InChI=1S/C10H20O3S/c1-2-12-4-3-5-14-9-10(6-11)7-13-8-10/h11H,2-9H2,1H3. The molecule has 1 saturated heterocycles. The quantitative estimate of drug-likeness (QED) is 0.623. The second-order valence-corrected chi connectivity index (χ2v) is 4.86. The Hall–Kier alpha value is 0.230. The van der Waals surface area contributed by atoms with Crippen LogP contribution in [-0.4, -0.2) is 49.6 Å². The molecular formula is C10H20O3S. The Labute approximate surface area is 90.2 Å². The van der Waals surface area contributed by atoms with Gasteiger partial charge >= 0.3 is 0 Å². The van der Waals surface area contributed by atoms with Crippen molar-refractivity contribution < 1.29 is 14.6 Å². The van der Waals surface area contributed by atoms with Crippen molar-refractivity contribution in [2.45, 2.75) is 13.3 Å². The molecule has 0 aromatic heterocycles. The molecule has 0 spiro atoms. The van der Waals surface area contributed by atoms with Gasteiger partial charge in [0, 0.05) is 24.4 Å². The average Bonchev–Trinajstić information content (AvgIpc) is 2.15. The fraction of sp³-hybridized carbons (Fsp3) is 1.00. The fourth-order valence-electron chi connectivity index (χ4n) is 1.31. The van der Waals surface area contributed by atoms with Crippen LogP contribution in [0.25, 0.3) is 0 Å². The van der Waals surface area contributed by atoms with Gasteiger partial charge in [-0.1, -0.05) is 0 Å². The van der Waals surface area contributed by atoms with Gasteiger partial charge in [0.2, 0.25) is 0 Å². The molecule has 3 nitrogen and oxygen atoms in total. The van der Waals surface area contributed by atoms with E-state index in [4.69, 9.17) is 14.6 Å². The predicted molar refractivity (Wildman–Crippen MR) is 58.8 cm³/mol. The van der Waals surface area contributed by atoms with Crippen LogP contribution in [0, 0.1) is 5.41 Å². The topological polar surface area (TPSA) is 38.7 Å². The first kappa shape index (κ1) is 12.3. The summed E-state index contributed by atoms with van der Waals surface area (Å²) in [6, 6.07) is 0. The zero-order valence-electron chi connectivity index (χ0n) is 8.83. The van der Waals surface area contributed by atoms with Crippen molar-refractivity contribution in [1.82, 2.24) is 0 Å². The Bertz CT molecular complexity index is 143. The van der Waals surface area contributed by atoms with Gasteiger partial charge in [0.05, 0.1) is 19.8 Å². The van der Waals surface area contributed by atoms with Crippen LogP contribution in [0.5, 0.6) is 0 Å². The molecule has 0 radical (unpaired) electrons. The summed E-state index contributed by atoms with van der Waals surface area (Å²) in [5.74, 6) is 2.12. The molecule has 1 N–H and O–H groups in total. The average molecular weight is 220 g/mol. The summed E-state index contributed by atoms with van der Waals surface area (Å²) in [6.45, 7) is 5.38. The number of ether oxygens (including phenoxy) is 2. The number of hydrogen-bond donors (Lipinski definition) is 1. The number of hydrogen-bond acceptors (Lipinski definition) is 4. The third-order valence-electron chi connectivity index (χ3n) is 2.34. The molecule has 4 heteroatoms. The zero-order valence-corrected chi connectivity index (χ0v) is 9.65. The van der Waals surface area contributed by atoms with E-state index in [0.717, 1.165) is 44.4 Å². The summed E-state index contributed by atoms with van der Waals surface area (Å²) < 4.78 is 10.4. The molecular weight excluding hydrogens is 200 g/mol. The highest BCUT2D eigenvalue weighted by Gasteiger charge is 2.37. The summed E-state index contributed by atoms with van der Waals surface area (Å²) in [7, 11) is 0. The third-order valence-corrected chi connectivity index (χ3v) is 3.74. The molecule has 1 aliphatic rings. The van der Waals surface area contributed by atoms with Gasteiger partial charge in [-0.15, -0.1) is 0 Å². The maximum Gasteiger partial charge on any atom is 0.0575 e. The van der Waals surface area contributed by atoms with E-state index in [1.54, 1.807) is 0 Å². The van der Waals surface area contributed by atoms with Crippen LogP contribution in [0.4, 0.5) is 0 Å². The molecule has 0 aromatic rings. The minimum atomic E-state index is 0.0658. The Morgan fingerprint density at radius 2 is 2.29 bits per heavy atom. The van der Waals surface area contributed by atoms with E-state index in [1.165, 1.54) is 0 Å². The van der Waals surface area contributed by atoms with Gasteiger partial charge in [-0.3, -0.25) is 0 Å². The van der Waals surface area contributed by atoms with E-state index in [0.29, 0.717) is 0 Å². The number of aliphatic hydroxyl groups excluding tert-OH is 1. The van der Waals surface area contributed by atoms with Crippen molar-refractivity contribution in [3.05, 3.63) is 0 Å². The summed E-state index contributed by atoms with van der Waals surface area (Å²) >= 11 is 1.89. The normalized spacial score (nSPS) is 19.3. The minimum absolute atomic E-state index is 0.0658. The Balaban J connectivity index is 1.92. The molecule has 0 aliphatic carbocycles. The largest absolute Gasteiger partial charge is 0.396 e. The maximum atomic E-state index is 9.16. The third kappa shape index (κ3) is 3.77. The molecule has 84 valence electrons. The summed E-state index contributed by atoms with van der Waals surface area (Å²) in [5, 5.41) is 9.16. The highest BCUT2D eigenvalue weighted by Crippen LogP contribution is 2.30. The van der Waals surface area contributed by atoms with Crippen LogP contribution in [0.3, 0.4) is 0 Å². The fourth-order valence-corrected chi connectivity index (χ4v) is 2.46. The van der Waals surface area contributed by atoms with E-state index >= 15 is 0 Å². The number of aliphatic hydroxyl groups is 1. The van der Waals surface area contributed by atoms with Crippen molar-refractivity contribution in [2.24, 2.45) is 5.41 Å². The van der Waals surface area contributed by atoms with Crippen molar-refractivity contribution in [3.8, 4) is 0 Å². The molecule has 0 amide bonds. The van der Waals surface area contributed by atoms with Crippen molar-refractivity contribution in [3.63, 3.8) is 0 Å². The zero-order chi connectivity index (χ0) is 10.3. The first-order valence-corrected chi connectivity index (χ1v) is 6.32. The molecule has 0 unspecified atom stereocenters. The SMILES string of the molecule is CCOCCCSCC1(CO)COC1. The second-order valence-electron chi connectivity index (χ2n) is 3.75. The molecule has 0 bridgehead atoms.